The van der Waals surface area contributed by atoms with Crippen LogP contribution in [0.1, 0.15) is 79.4 Å². The molecule has 1 spiro atoms. The van der Waals surface area contributed by atoms with Gasteiger partial charge in [-0.05, 0) is 112 Å². The van der Waals surface area contributed by atoms with Gasteiger partial charge in [0.15, 0.2) is 11.4 Å². The van der Waals surface area contributed by atoms with Gasteiger partial charge in [-0.25, -0.2) is 13.1 Å². The molecule has 2 aromatic heterocycles. The molecule has 4 saturated heterocycles. The van der Waals surface area contributed by atoms with E-state index in [0.29, 0.717) is 66.6 Å². The zero-order valence-electron chi connectivity index (χ0n) is 41.1. The first kappa shape index (κ1) is 47.0. The molecule has 12 rings (SSSR count). The lowest BCUT2D eigenvalue weighted by Gasteiger charge is -2.56. The van der Waals surface area contributed by atoms with Crippen LogP contribution in [0.2, 0.25) is 0 Å². The lowest BCUT2D eigenvalue weighted by molar-refractivity contribution is -0.384. The summed E-state index contributed by atoms with van der Waals surface area (Å²) < 4.78 is 49.6. The molecular formula is C53H64N10O8S. The number of H-pyrrole nitrogens is 1. The van der Waals surface area contributed by atoms with Crippen LogP contribution in [0.4, 0.5) is 28.4 Å². The second-order valence-corrected chi connectivity index (χ2v) is 22.8. The Balaban J connectivity index is 0.827. The third-order valence-corrected chi connectivity index (χ3v) is 18.1. The highest BCUT2D eigenvalue weighted by atomic mass is 32.2. The number of aromatic amines is 1. The number of nitro groups is 1. The van der Waals surface area contributed by atoms with Crippen molar-refractivity contribution >= 4 is 55.4 Å². The number of piperidine rings is 1. The van der Waals surface area contributed by atoms with Gasteiger partial charge in [-0.3, -0.25) is 24.7 Å². The highest BCUT2D eigenvalue weighted by Crippen LogP contribution is 2.55. The number of pyridine rings is 1. The number of aromatic nitrogens is 2. The lowest BCUT2D eigenvalue weighted by Crippen LogP contribution is -2.55. The molecule has 0 unspecified atom stereocenters. The molecule has 4 atom stereocenters. The van der Waals surface area contributed by atoms with E-state index in [9.17, 15) is 23.3 Å². The summed E-state index contributed by atoms with van der Waals surface area (Å²) >= 11 is 0. The zero-order chi connectivity index (χ0) is 49.3. The number of anilines is 4. The smallest absolute Gasteiger partial charge is 0.297 e. The van der Waals surface area contributed by atoms with Gasteiger partial charge in [0.25, 0.3) is 21.6 Å². The van der Waals surface area contributed by atoms with Crippen LogP contribution < -0.4 is 29.3 Å². The number of nitro benzene ring substituents is 1. The molecule has 5 aromatic rings. The van der Waals surface area contributed by atoms with Crippen molar-refractivity contribution in [2.75, 3.05) is 94.3 Å². The largest absolute Gasteiger partial charge is 0.489 e. The topological polar surface area (TPSA) is 191 Å². The van der Waals surface area contributed by atoms with E-state index in [2.05, 4.69) is 77.8 Å². The van der Waals surface area contributed by atoms with Crippen LogP contribution in [-0.2, 0) is 21.2 Å². The fourth-order valence-electron chi connectivity index (χ4n) is 12.9. The summed E-state index contributed by atoms with van der Waals surface area (Å²) in [6.07, 6.45) is 9.99. The number of likely N-dealkylation sites (tertiary alicyclic amines) is 1. The number of fused-ring (bicyclic) bond motifs is 4. The number of nitrogens with one attached hydrogen (secondary N) is 3. The number of hydrogen-bond acceptors (Lipinski definition) is 15. The van der Waals surface area contributed by atoms with Crippen LogP contribution >= 0.6 is 0 Å². The first-order valence-electron chi connectivity index (χ1n) is 25.9. The molecule has 6 aliphatic heterocycles. The molecule has 5 fully saturated rings. The molecule has 1 amide bonds. The fourth-order valence-corrected chi connectivity index (χ4v) is 13.9. The second-order valence-electron chi connectivity index (χ2n) is 21.1. The van der Waals surface area contributed by atoms with Crippen molar-refractivity contribution in [1.29, 1.82) is 0 Å². The highest BCUT2D eigenvalue weighted by Gasteiger charge is 2.50. The van der Waals surface area contributed by atoms with Crippen molar-refractivity contribution in [2.24, 2.45) is 5.41 Å². The number of likely N-dealkylation sites (N-methyl/N-ethyl adjacent to an activating group) is 1. The van der Waals surface area contributed by atoms with E-state index in [-0.39, 0.29) is 35.7 Å². The Labute approximate surface area is 420 Å². The Hall–Kier alpha value is -5.99. The number of amides is 1. The number of rotatable bonds is 11. The van der Waals surface area contributed by atoms with Gasteiger partial charge in [-0.15, -0.1) is 0 Å². The molecule has 8 heterocycles. The van der Waals surface area contributed by atoms with Gasteiger partial charge in [0.1, 0.15) is 24.0 Å². The standard InChI is InChI=1S/C53H64N10O8S/c1-3-34-7-4-5-8-40(34)42-9-6-17-61(42)38-29-53(30-38)14-18-60(19-15-53)37-10-11-41(44(26-37)62-43-13-24-69-33-48(43)71-52-46(62)25-35-12-16-54-50(35)56-52)51(64)57-72(67,68)39-27-45(63(65)66)49-47(28-39)70-32-36(55-49)31-59-22-20-58(2)21-23-59/h4-5,7-8,10-12,16,25-28,36,38,42-43,48,55H,3,6,9,13-15,17-24,29-33H2,1-2H3,(H,54,56)(H,57,64)/t36-,42+,43+,48+/m1/s1. The number of hydrogen-bond donors (Lipinski definition) is 3. The predicted octanol–water partition coefficient (Wildman–Crippen LogP) is 6.85. The Bertz CT molecular complexity index is 3000. The van der Waals surface area contributed by atoms with Crippen LogP contribution in [-0.4, -0.2) is 147 Å². The molecule has 380 valence electrons. The Kier molecular flexibility index (Phi) is 12.3. The maximum Gasteiger partial charge on any atom is 0.297 e. The Morgan fingerprint density at radius 2 is 1.78 bits per heavy atom. The van der Waals surface area contributed by atoms with Crippen molar-refractivity contribution in [3.05, 3.63) is 99.7 Å². The van der Waals surface area contributed by atoms with Crippen LogP contribution in [0.25, 0.3) is 11.0 Å². The molecule has 1 aliphatic carbocycles. The van der Waals surface area contributed by atoms with Crippen molar-refractivity contribution in [1.82, 2.24) is 29.4 Å². The lowest BCUT2D eigenvalue weighted by atomic mass is 9.59. The number of ether oxygens (including phenoxy) is 3. The summed E-state index contributed by atoms with van der Waals surface area (Å²) in [6.45, 7) is 10.3. The van der Waals surface area contributed by atoms with Crippen LogP contribution in [0.5, 0.6) is 11.6 Å². The van der Waals surface area contributed by atoms with Gasteiger partial charge in [-0.2, -0.15) is 4.98 Å². The summed E-state index contributed by atoms with van der Waals surface area (Å²) in [6, 6.07) is 21.3. The summed E-state index contributed by atoms with van der Waals surface area (Å²) in [7, 11) is -2.61. The van der Waals surface area contributed by atoms with Gasteiger partial charge in [0.05, 0.1) is 39.8 Å². The number of carbonyl (C=O) groups is 1. The van der Waals surface area contributed by atoms with Gasteiger partial charge < -0.3 is 39.2 Å². The van der Waals surface area contributed by atoms with E-state index in [1.54, 1.807) is 6.07 Å². The Morgan fingerprint density at radius 3 is 2.58 bits per heavy atom. The van der Waals surface area contributed by atoms with E-state index in [0.717, 1.165) is 82.2 Å². The SMILES string of the molecule is CCc1ccccc1[C@@H]1CCCN1C1CC2(CCN(c3ccc(C(=O)NS(=O)(=O)c4cc5c(c([N+](=O)[O-])c4)N[C@H](CN4CCN(C)CC4)CO5)c(N4c5cc6cc[nH]c6nc5O[C@H]5COCC[C@@H]54)c3)CC2)C1. The minimum Gasteiger partial charge on any atom is -0.489 e. The number of piperazine rings is 1. The van der Waals surface area contributed by atoms with Gasteiger partial charge in [0, 0.05) is 93.9 Å². The third-order valence-electron chi connectivity index (χ3n) is 16.8. The van der Waals surface area contributed by atoms with Crippen LogP contribution in [0, 0.1) is 15.5 Å². The number of benzene rings is 3. The molecule has 72 heavy (non-hydrogen) atoms. The summed E-state index contributed by atoms with van der Waals surface area (Å²) in [5.41, 5.74) is 5.77. The van der Waals surface area contributed by atoms with Gasteiger partial charge in [0.2, 0.25) is 5.88 Å². The average Bonchev–Trinajstić information content (AvgIpc) is 4.06. The van der Waals surface area contributed by atoms with E-state index < -0.39 is 37.5 Å². The van der Waals surface area contributed by atoms with Crippen molar-refractivity contribution < 1.29 is 32.3 Å². The highest BCUT2D eigenvalue weighted by molar-refractivity contribution is 7.90. The van der Waals surface area contributed by atoms with E-state index in [4.69, 9.17) is 19.2 Å². The normalized spacial score (nSPS) is 24.6. The second kappa shape index (κ2) is 18.8. The average molecular weight is 1000 g/mol. The van der Waals surface area contributed by atoms with Crippen LogP contribution in [0.15, 0.2) is 77.8 Å². The number of sulfonamides is 1. The predicted molar refractivity (Wildman–Crippen MR) is 274 cm³/mol. The zero-order valence-corrected chi connectivity index (χ0v) is 41.9. The van der Waals surface area contributed by atoms with Gasteiger partial charge >= 0.3 is 0 Å². The molecule has 19 heteroatoms. The first-order chi connectivity index (χ1) is 34.9. The molecule has 18 nitrogen and oxygen atoms in total. The number of nitrogens with zero attached hydrogens (tertiary/aromatic N) is 7. The molecule has 3 N–H and O–H groups in total. The summed E-state index contributed by atoms with van der Waals surface area (Å²) in [5.74, 6) is -0.468. The molecule has 0 radical (unpaired) electrons. The Morgan fingerprint density at radius 1 is 0.958 bits per heavy atom. The monoisotopic (exact) mass is 1000 g/mol. The fraction of sp³-hybridized carbons (Fsp3) is 0.509. The summed E-state index contributed by atoms with van der Waals surface area (Å²) in [5, 5.41) is 16.7. The van der Waals surface area contributed by atoms with Crippen molar-refractivity contribution in [2.45, 2.75) is 93.5 Å². The molecule has 1 saturated carbocycles. The third kappa shape index (κ3) is 8.69. The van der Waals surface area contributed by atoms with E-state index >= 15 is 0 Å². The maximum atomic E-state index is 14.8. The van der Waals surface area contributed by atoms with Crippen molar-refractivity contribution in [3.63, 3.8) is 0 Å². The quantitative estimate of drug-likeness (QED) is 0.0920. The molecular weight excluding hydrogens is 937 g/mol. The molecule has 7 aliphatic rings. The molecule has 0 bridgehead atoms. The number of aryl methyl sites for hydroxylation is 1. The van der Waals surface area contributed by atoms with Gasteiger partial charge in [-0.1, -0.05) is 31.2 Å². The molecule has 3 aromatic carbocycles. The first-order valence-corrected chi connectivity index (χ1v) is 27.3. The van der Waals surface area contributed by atoms with E-state index in [1.165, 1.54) is 42.9 Å². The minimum atomic E-state index is -4.68. The van der Waals surface area contributed by atoms with E-state index in [1.807, 2.05) is 30.5 Å². The summed E-state index contributed by atoms with van der Waals surface area (Å²) in [4.78, 5) is 46.2. The maximum absolute atomic E-state index is 14.8. The number of carbonyl (C=O) groups excluding carboxylic acids is 1. The van der Waals surface area contributed by atoms with Crippen LogP contribution in [0.3, 0.4) is 0 Å². The minimum absolute atomic E-state index is 0.0365. The van der Waals surface area contributed by atoms with Crippen molar-refractivity contribution in [3.8, 4) is 11.6 Å².